The molecule has 35 heavy (non-hydrogen) atoms. The number of carbonyl (C=O) groups excluding carboxylic acids is 3. The number of nitrogens with zero attached hydrogens (tertiary/aromatic N) is 1. The number of hydroxylamine groups is 1. The Kier molecular flexibility index (Phi) is 7.84. The van der Waals surface area contributed by atoms with Crippen molar-refractivity contribution in [1.29, 1.82) is 0 Å². The molecule has 1 aromatic heterocycles. The summed E-state index contributed by atoms with van der Waals surface area (Å²) in [6.07, 6.45) is 3.80. The summed E-state index contributed by atoms with van der Waals surface area (Å²) in [5.41, 5.74) is 4.32. The van der Waals surface area contributed by atoms with Gasteiger partial charge >= 0.3 is 12.1 Å². The van der Waals surface area contributed by atoms with Crippen LogP contribution in [0.15, 0.2) is 42.5 Å². The van der Waals surface area contributed by atoms with E-state index < -0.39 is 29.4 Å². The fourth-order valence-electron chi connectivity index (χ4n) is 4.58. The third-order valence-corrected chi connectivity index (χ3v) is 6.83. The number of pyridine rings is 1. The molecule has 0 radical (unpaired) electrons. The lowest BCUT2D eigenvalue weighted by Gasteiger charge is -2.47. The van der Waals surface area contributed by atoms with Crippen LogP contribution in [0.1, 0.15) is 55.8 Å². The summed E-state index contributed by atoms with van der Waals surface area (Å²) in [6, 6.07) is 13.0. The van der Waals surface area contributed by atoms with Gasteiger partial charge in [0.15, 0.2) is 0 Å². The highest BCUT2D eigenvalue weighted by atomic mass is 16.7. The van der Waals surface area contributed by atoms with Gasteiger partial charge in [0.1, 0.15) is 12.4 Å². The molecular formula is C26H32N4O5. The van der Waals surface area contributed by atoms with E-state index in [2.05, 4.69) is 22.2 Å². The largest absolute Gasteiger partial charge is 0.445 e. The number of hydrogen-bond donors (Lipinski definition) is 3. The van der Waals surface area contributed by atoms with Crippen molar-refractivity contribution < 1.29 is 24.0 Å². The van der Waals surface area contributed by atoms with E-state index in [1.54, 1.807) is 6.92 Å². The van der Waals surface area contributed by atoms with Crippen LogP contribution in [0, 0.1) is 5.41 Å². The van der Waals surface area contributed by atoms with Crippen LogP contribution in [0.4, 0.5) is 10.6 Å². The number of hydrogen-bond acceptors (Lipinski definition) is 7. The van der Waals surface area contributed by atoms with E-state index in [9.17, 15) is 14.4 Å². The predicted molar refractivity (Wildman–Crippen MR) is 129 cm³/mol. The van der Waals surface area contributed by atoms with Gasteiger partial charge in [-0.25, -0.2) is 14.6 Å². The van der Waals surface area contributed by atoms with E-state index in [0.717, 1.165) is 36.5 Å². The Morgan fingerprint density at radius 2 is 2.00 bits per heavy atom. The SMILES string of the molecule is CCC(=O)ONC(=O)[C@@]1(CCc2ccc3c(n2)NCCC3)CCC1NC(=O)OCc1ccccc1. The first-order valence-electron chi connectivity index (χ1n) is 12.2. The topological polar surface area (TPSA) is 119 Å². The molecule has 2 heterocycles. The molecule has 186 valence electrons. The molecule has 2 atom stereocenters. The quantitative estimate of drug-likeness (QED) is 0.495. The maximum atomic E-state index is 13.2. The van der Waals surface area contributed by atoms with Crippen molar-refractivity contribution in [3.05, 3.63) is 59.3 Å². The van der Waals surface area contributed by atoms with Gasteiger partial charge in [0.2, 0.25) is 0 Å². The highest BCUT2D eigenvalue weighted by Gasteiger charge is 2.53. The van der Waals surface area contributed by atoms with E-state index in [-0.39, 0.29) is 13.0 Å². The lowest BCUT2D eigenvalue weighted by atomic mass is 9.61. The van der Waals surface area contributed by atoms with Crippen molar-refractivity contribution in [3.8, 4) is 0 Å². The molecule has 9 heteroatoms. The predicted octanol–water partition coefficient (Wildman–Crippen LogP) is 3.43. The Labute approximate surface area is 204 Å². The van der Waals surface area contributed by atoms with Gasteiger partial charge in [0.05, 0.1) is 5.41 Å². The van der Waals surface area contributed by atoms with Crippen molar-refractivity contribution in [3.63, 3.8) is 0 Å². The number of fused-ring (bicyclic) bond motifs is 1. The molecule has 2 aromatic rings. The molecule has 3 N–H and O–H groups in total. The summed E-state index contributed by atoms with van der Waals surface area (Å²) in [5, 5.41) is 6.18. The Bertz CT molecular complexity index is 1060. The van der Waals surface area contributed by atoms with Crippen molar-refractivity contribution in [1.82, 2.24) is 15.8 Å². The molecule has 0 spiro atoms. The Morgan fingerprint density at radius 1 is 1.17 bits per heavy atom. The number of ether oxygens (including phenoxy) is 1. The number of carbonyl (C=O) groups is 3. The van der Waals surface area contributed by atoms with Crippen molar-refractivity contribution in [2.75, 3.05) is 11.9 Å². The molecule has 1 aromatic carbocycles. The van der Waals surface area contributed by atoms with E-state index in [1.165, 1.54) is 5.56 Å². The first-order valence-corrected chi connectivity index (χ1v) is 12.2. The Hall–Kier alpha value is -3.62. The standard InChI is InChI=1S/C26H32N4O5/c1-2-22(31)35-30-24(32)26(14-12-20-11-10-19-9-6-16-27-23(19)28-20)15-13-21(26)29-25(33)34-17-18-7-4-3-5-8-18/h3-5,7-8,10-11,21H,2,6,9,12-17H2,1H3,(H,27,28)(H,29,33)(H,30,32)/t21?,26-/m0/s1. The van der Waals surface area contributed by atoms with E-state index in [1.807, 2.05) is 36.4 Å². The van der Waals surface area contributed by atoms with Crippen LogP contribution in [0.3, 0.4) is 0 Å². The molecular weight excluding hydrogens is 448 g/mol. The molecule has 1 saturated carbocycles. The highest BCUT2D eigenvalue weighted by Crippen LogP contribution is 2.45. The van der Waals surface area contributed by atoms with Gasteiger partial charge in [-0.15, -0.1) is 0 Å². The van der Waals surface area contributed by atoms with Gasteiger partial charge in [-0.1, -0.05) is 43.3 Å². The molecule has 1 aliphatic heterocycles. The van der Waals surface area contributed by atoms with Gasteiger partial charge < -0.3 is 20.2 Å². The zero-order valence-corrected chi connectivity index (χ0v) is 20.0. The third-order valence-electron chi connectivity index (χ3n) is 6.83. The summed E-state index contributed by atoms with van der Waals surface area (Å²) < 4.78 is 5.36. The van der Waals surface area contributed by atoms with Crippen LogP contribution in [0.5, 0.6) is 0 Å². The third kappa shape index (κ3) is 5.90. The summed E-state index contributed by atoms with van der Waals surface area (Å²) in [4.78, 5) is 46.9. The van der Waals surface area contributed by atoms with E-state index in [4.69, 9.17) is 14.6 Å². The lowest BCUT2D eigenvalue weighted by Crippen LogP contribution is -2.62. The molecule has 1 unspecified atom stereocenters. The summed E-state index contributed by atoms with van der Waals surface area (Å²) in [6.45, 7) is 2.69. The maximum Gasteiger partial charge on any atom is 0.407 e. The smallest absolute Gasteiger partial charge is 0.407 e. The Balaban J connectivity index is 1.42. The summed E-state index contributed by atoms with van der Waals surface area (Å²) in [7, 11) is 0. The monoisotopic (exact) mass is 480 g/mol. The van der Waals surface area contributed by atoms with Crippen LogP contribution in [-0.2, 0) is 38.6 Å². The van der Waals surface area contributed by atoms with Gasteiger partial charge in [-0.2, -0.15) is 5.48 Å². The average Bonchev–Trinajstić information content (AvgIpc) is 2.89. The first-order chi connectivity index (χ1) is 17.0. The zero-order valence-electron chi connectivity index (χ0n) is 20.0. The second-order valence-electron chi connectivity index (χ2n) is 9.05. The van der Waals surface area contributed by atoms with Crippen LogP contribution in [-0.4, -0.2) is 35.5 Å². The number of aromatic nitrogens is 1. The van der Waals surface area contributed by atoms with Crippen LogP contribution in [0.2, 0.25) is 0 Å². The van der Waals surface area contributed by atoms with Gasteiger partial charge in [-0.3, -0.25) is 4.79 Å². The Morgan fingerprint density at radius 3 is 2.74 bits per heavy atom. The average molecular weight is 481 g/mol. The van der Waals surface area contributed by atoms with Gasteiger partial charge in [0.25, 0.3) is 5.91 Å². The number of alkyl carbamates (subject to hydrolysis) is 1. The normalized spacial score (nSPS) is 20.4. The highest BCUT2D eigenvalue weighted by molar-refractivity contribution is 5.86. The molecule has 1 fully saturated rings. The molecule has 2 amide bonds. The summed E-state index contributed by atoms with van der Waals surface area (Å²) >= 11 is 0. The molecule has 2 aliphatic rings. The van der Waals surface area contributed by atoms with E-state index in [0.29, 0.717) is 25.7 Å². The van der Waals surface area contributed by atoms with Gasteiger partial charge in [-0.05, 0) is 55.7 Å². The number of anilines is 1. The van der Waals surface area contributed by atoms with Crippen LogP contribution < -0.4 is 16.1 Å². The van der Waals surface area contributed by atoms with Crippen molar-refractivity contribution in [2.45, 2.75) is 64.5 Å². The van der Waals surface area contributed by atoms with Crippen LogP contribution in [0.25, 0.3) is 0 Å². The second-order valence-corrected chi connectivity index (χ2v) is 9.05. The number of aryl methyl sites for hydroxylation is 2. The minimum Gasteiger partial charge on any atom is -0.445 e. The molecule has 0 saturated heterocycles. The fourth-order valence-corrected chi connectivity index (χ4v) is 4.58. The second kappa shape index (κ2) is 11.2. The minimum absolute atomic E-state index is 0.138. The number of rotatable bonds is 8. The van der Waals surface area contributed by atoms with Crippen molar-refractivity contribution in [2.24, 2.45) is 5.41 Å². The first kappa shape index (κ1) is 24.5. The number of benzene rings is 1. The van der Waals surface area contributed by atoms with Crippen LogP contribution >= 0.6 is 0 Å². The van der Waals surface area contributed by atoms with Gasteiger partial charge in [0, 0.05) is 24.7 Å². The number of amides is 2. The molecule has 4 rings (SSSR count). The molecule has 1 aliphatic carbocycles. The fraction of sp³-hybridized carbons (Fsp3) is 0.462. The van der Waals surface area contributed by atoms with E-state index >= 15 is 0 Å². The summed E-state index contributed by atoms with van der Waals surface area (Å²) in [5.74, 6) is -0.0473. The van der Waals surface area contributed by atoms with Crippen molar-refractivity contribution >= 4 is 23.8 Å². The molecule has 0 bridgehead atoms. The molecule has 9 nitrogen and oxygen atoms in total. The number of nitrogens with one attached hydrogen (secondary N) is 3. The minimum atomic E-state index is -0.926. The zero-order chi connectivity index (χ0) is 24.7. The maximum absolute atomic E-state index is 13.2. The lowest BCUT2D eigenvalue weighted by molar-refractivity contribution is -0.166.